The summed E-state index contributed by atoms with van der Waals surface area (Å²) in [5, 5.41) is 15.2. The van der Waals surface area contributed by atoms with E-state index < -0.39 is 22.1 Å². The molecule has 1 N–H and O–H groups in total. The number of benzene rings is 1. The number of amides is 1. The van der Waals surface area contributed by atoms with Crippen LogP contribution in [0.15, 0.2) is 69.7 Å². The van der Waals surface area contributed by atoms with E-state index in [4.69, 9.17) is 0 Å². The zero-order valence-electron chi connectivity index (χ0n) is 15.9. The van der Waals surface area contributed by atoms with E-state index in [1.165, 1.54) is 46.4 Å². The highest BCUT2D eigenvalue weighted by molar-refractivity contribution is 7.09. The normalized spacial score (nSPS) is 10.8. The van der Waals surface area contributed by atoms with Crippen LogP contribution in [0.3, 0.4) is 0 Å². The van der Waals surface area contributed by atoms with E-state index in [2.05, 4.69) is 10.3 Å². The topological polar surface area (TPSA) is 129 Å². The Morgan fingerprint density at radius 3 is 2.55 bits per heavy atom. The van der Waals surface area contributed by atoms with Crippen molar-refractivity contribution in [2.75, 3.05) is 5.32 Å². The third-order valence-electron chi connectivity index (χ3n) is 4.54. The fourth-order valence-electron chi connectivity index (χ4n) is 3.10. The highest BCUT2D eigenvalue weighted by atomic mass is 32.1. The molecule has 0 spiro atoms. The van der Waals surface area contributed by atoms with Gasteiger partial charge in [-0.25, -0.2) is 9.78 Å². The molecule has 0 bridgehead atoms. The maximum absolute atomic E-state index is 13.1. The smallest absolute Gasteiger partial charge is 0.325 e. The summed E-state index contributed by atoms with van der Waals surface area (Å²) in [6.45, 7) is -0.283. The highest BCUT2D eigenvalue weighted by Gasteiger charge is 2.17. The summed E-state index contributed by atoms with van der Waals surface area (Å²) in [6.07, 6.45) is 1.45. The summed E-state index contributed by atoms with van der Waals surface area (Å²) in [6, 6.07) is 12.1. The highest BCUT2D eigenvalue weighted by Crippen LogP contribution is 2.15. The van der Waals surface area contributed by atoms with E-state index >= 15 is 0 Å². The van der Waals surface area contributed by atoms with Crippen LogP contribution in [0.2, 0.25) is 0 Å². The Labute approximate surface area is 178 Å². The van der Waals surface area contributed by atoms with Crippen LogP contribution in [0.4, 0.5) is 11.4 Å². The molecule has 3 aromatic heterocycles. The van der Waals surface area contributed by atoms with E-state index in [1.807, 2.05) is 17.5 Å². The van der Waals surface area contributed by atoms with Gasteiger partial charge in [-0.05, 0) is 35.7 Å². The van der Waals surface area contributed by atoms with Crippen LogP contribution >= 0.6 is 11.3 Å². The SMILES string of the molecule is O=C(Cn1c(=O)n(Cc2cccs2)c(=O)c2ncccc21)Nc1ccc([N+](=O)[O-])cc1. The number of carbonyl (C=O) groups excluding carboxylic acids is 1. The molecule has 0 aliphatic carbocycles. The molecule has 4 rings (SSSR count). The Morgan fingerprint density at radius 2 is 1.87 bits per heavy atom. The number of rotatable bonds is 6. The molecule has 10 nitrogen and oxygen atoms in total. The van der Waals surface area contributed by atoms with Gasteiger partial charge >= 0.3 is 5.69 Å². The number of fused-ring (bicyclic) bond motifs is 1. The van der Waals surface area contributed by atoms with Gasteiger partial charge in [-0.1, -0.05) is 6.07 Å². The number of anilines is 1. The van der Waals surface area contributed by atoms with Gasteiger partial charge in [0.1, 0.15) is 6.54 Å². The van der Waals surface area contributed by atoms with E-state index in [0.29, 0.717) is 5.69 Å². The molecule has 0 aliphatic heterocycles. The lowest BCUT2D eigenvalue weighted by Gasteiger charge is -2.13. The Bertz CT molecular complexity index is 1390. The molecule has 0 fully saturated rings. The second-order valence-corrected chi connectivity index (χ2v) is 7.59. The number of hydrogen-bond acceptors (Lipinski definition) is 7. The average molecular weight is 437 g/mol. The molecule has 0 saturated heterocycles. The number of nitrogens with one attached hydrogen (secondary N) is 1. The van der Waals surface area contributed by atoms with Crippen molar-refractivity contribution in [1.82, 2.24) is 14.1 Å². The van der Waals surface area contributed by atoms with Crippen LogP contribution in [-0.4, -0.2) is 24.9 Å². The standard InChI is InChI=1S/C20H15N5O5S/c26-17(22-13-5-7-14(8-6-13)25(29)30)12-23-16-4-1-9-21-18(16)19(27)24(20(23)28)11-15-3-2-10-31-15/h1-10H,11-12H2,(H,22,26). The van der Waals surface area contributed by atoms with Gasteiger partial charge in [0.25, 0.3) is 11.2 Å². The average Bonchev–Trinajstić information content (AvgIpc) is 3.28. The summed E-state index contributed by atoms with van der Waals surface area (Å²) >= 11 is 1.41. The lowest BCUT2D eigenvalue weighted by atomic mass is 10.3. The first kappa shape index (κ1) is 20.2. The molecule has 4 aromatic rings. The molecule has 0 radical (unpaired) electrons. The van der Waals surface area contributed by atoms with E-state index in [-0.39, 0.29) is 29.8 Å². The van der Waals surface area contributed by atoms with E-state index in [0.717, 1.165) is 9.44 Å². The number of thiophene rings is 1. The van der Waals surface area contributed by atoms with Crippen molar-refractivity contribution in [2.45, 2.75) is 13.1 Å². The molecule has 0 saturated carbocycles. The Hall–Kier alpha value is -4.12. The zero-order valence-corrected chi connectivity index (χ0v) is 16.7. The van der Waals surface area contributed by atoms with Gasteiger partial charge in [0.2, 0.25) is 5.91 Å². The molecular formula is C20H15N5O5S. The number of nitro benzene ring substituents is 1. The number of hydrogen-bond donors (Lipinski definition) is 1. The fraction of sp³-hybridized carbons (Fsp3) is 0.100. The third-order valence-corrected chi connectivity index (χ3v) is 5.41. The summed E-state index contributed by atoms with van der Waals surface area (Å²) in [4.78, 5) is 53.7. The van der Waals surface area contributed by atoms with Crippen LogP contribution in [0, 0.1) is 10.1 Å². The second-order valence-electron chi connectivity index (χ2n) is 6.56. The summed E-state index contributed by atoms with van der Waals surface area (Å²) in [5.74, 6) is -0.526. The first-order valence-corrected chi connectivity index (χ1v) is 9.97. The van der Waals surface area contributed by atoms with Gasteiger partial charge in [-0.2, -0.15) is 0 Å². The predicted octanol–water partition coefficient (Wildman–Crippen LogP) is 2.21. The van der Waals surface area contributed by atoms with E-state index in [9.17, 15) is 24.5 Å². The maximum atomic E-state index is 13.1. The van der Waals surface area contributed by atoms with Crippen LogP contribution in [0.1, 0.15) is 4.88 Å². The Morgan fingerprint density at radius 1 is 1.10 bits per heavy atom. The first-order valence-electron chi connectivity index (χ1n) is 9.09. The number of non-ortho nitro benzene ring substituents is 1. The van der Waals surface area contributed by atoms with Gasteiger partial charge in [-0.3, -0.25) is 28.8 Å². The van der Waals surface area contributed by atoms with Crippen LogP contribution in [-0.2, 0) is 17.9 Å². The Kier molecular flexibility index (Phi) is 5.41. The molecule has 1 amide bonds. The van der Waals surface area contributed by atoms with Gasteiger partial charge in [0.05, 0.1) is 17.0 Å². The molecule has 11 heteroatoms. The monoisotopic (exact) mass is 437 g/mol. The molecule has 31 heavy (non-hydrogen) atoms. The maximum Gasteiger partial charge on any atom is 0.332 e. The molecule has 3 heterocycles. The minimum Gasteiger partial charge on any atom is -0.325 e. The molecule has 0 atom stereocenters. The zero-order chi connectivity index (χ0) is 22.0. The largest absolute Gasteiger partial charge is 0.332 e. The minimum absolute atomic E-state index is 0.0752. The minimum atomic E-state index is -0.627. The van der Waals surface area contributed by atoms with Crippen LogP contribution in [0.25, 0.3) is 11.0 Å². The second kappa shape index (κ2) is 8.32. The van der Waals surface area contributed by atoms with Gasteiger partial charge in [-0.15, -0.1) is 11.3 Å². The van der Waals surface area contributed by atoms with Crippen molar-refractivity contribution in [1.29, 1.82) is 0 Å². The van der Waals surface area contributed by atoms with Crippen molar-refractivity contribution in [3.63, 3.8) is 0 Å². The van der Waals surface area contributed by atoms with Crippen molar-refractivity contribution >= 4 is 39.7 Å². The van der Waals surface area contributed by atoms with E-state index in [1.54, 1.807) is 12.1 Å². The molecule has 0 aliphatic rings. The quantitative estimate of drug-likeness (QED) is 0.364. The number of nitrogens with zero attached hydrogens (tertiary/aromatic N) is 4. The summed E-state index contributed by atoms with van der Waals surface area (Å²) < 4.78 is 2.25. The van der Waals surface area contributed by atoms with Crippen molar-refractivity contribution in [2.24, 2.45) is 0 Å². The van der Waals surface area contributed by atoms with Gasteiger partial charge in [0.15, 0.2) is 5.52 Å². The van der Waals surface area contributed by atoms with Gasteiger partial charge < -0.3 is 5.32 Å². The number of pyridine rings is 1. The predicted molar refractivity (Wildman–Crippen MR) is 115 cm³/mol. The third kappa shape index (κ3) is 4.12. The first-order chi connectivity index (χ1) is 14.9. The molecule has 0 unspecified atom stereocenters. The fourth-order valence-corrected chi connectivity index (χ4v) is 3.80. The summed E-state index contributed by atoms with van der Waals surface area (Å²) in [5.41, 5.74) is -0.579. The van der Waals surface area contributed by atoms with Crippen molar-refractivity contribution < 1.29 is 9.72 Å². The summed E-state index contributed by atoms with van der Waals surface area (Å²) in [7, 11) is 0. The lowest BCUT2D eigenvalue weighted by Crippen LogP contribution is -2.42. The number of aromatic nitrogens is 3. The van der Waals surface area contributed by atoms with Crippen LogP contribution < -0.4 is 16.6 Å². The number of carbonyl (C=O) groups is 1. The molecule has 1 aromatic carbocycles. The van der Waals surface area contributed by atoms with Gasteiger partial charge in [0, 0.05) is 28.9 Å². The molecular weight excluding hydrogens is 422 g/mol. The molecule has 156 valence electrons. The number of nitro groups is 1. The van der Waals surface area contributed by atoms with Crippen LogP contribution in [0.5, 0.6) is 0 Å². The lowest BCUT2D eigenvalue weighted by molar-refractivity contribution is -0.384. The van der Waals surface area contributed by atoms with Crippen molar-refractivity contribution in [3.05, 3.63) is 95.9 Å². The van der Waals surface area contributed by atoms with Crippen molar-refractivity contribution in [3.8, 4) is 0 Å². The Balaban J connectivity index is 1.69.